The summed E-state index contributed by atoms with van der Waals surface area (Å²) in [7, 11) is 0.0357. The zero-order valence-electron chi connectivity index (χ0n) is 20.2. The fourth-order valence-electron chi connectivity index (χ4n) is 6.77. The molecule has 7 heteroatoms. The van der Waals surface area contributed by atoms with Crippen molar-refractivity contribution in [3.8, 4) is 0 Å². The Morgan fingerprint density at radius 3 is 2.50 bits per heavy atom. The second kappa shape index (κ2) is 8.76. The minimum atomic E-state index is -3.67. The molecule has 3 aliphatic carbocycles. The van der Waals surface area contributed by atoms with Gasteiger partial charge in [0.15, 0.2) is 0 Å². The van der Waals surface area contributed by atoms with E-state index in [1.807, 2.05) is 49.3 Å². The molecule has 5 rings (SSSR count). The molecule has 6 unspecified atom stereocenters. The van der Waals surface area contributed by atoms with E-state index in [0.717, 1.165) is 24.8 Å². The molecule has 0 aromatic heterocycles. The first-order valence-corrected chi connectivity index (χ1v) is 14.0. The number of allylic oxidation sites excluding steroid dienone is 2. The second-order valence-corrected chi connectivity index (χ2v) is 12.7. The van der Waals surface area contributed by atoms with E-state index in [9.17, 15) is 18.0 Å². The van der Waals surface area contributed by atoms with Crippen LogP contribution in [0.4, 0.5) is 0 Å². The maximum atomic E-state index is 13.7. The lowest BCUT2D eigenvalue weighted by Crippen LogP contribution is -2.58. The molecular weight excluding hydrogens is 448 g/mol. The molecule has 1 aromatic carbocycles. The SMILES string of the molecule is CC1CCCC2C1=CCC1C2C(=O)C(=O)C2C(c3ccccc3)=CN(S(=O)(=O)CCN(C)C)C21. The molecule has 0 amide bonds. The number of carbonyl (C=O) groups is 2. The third-order valence-electron chi connectivity index (χ3n) is 8.40. The van der Waals surface area contributed by atoms with E-state index in [2.05, 4.69) is 13.0 Å². The van der Waals surface area contributed by atoms with Crippen LogP contribution in [0, 0.1) is 29.6 Å². The van der Waals surface area contributed by atoms with Crippen molar-refractivity contribution < 1.29 is 18.0 Å². The Morgan fingerprint density at radius 1 is 1.06 bits per heavy atom. The van der Waals surface area contributed by atoms with E-state index in [1.54, 1.807) is 6.20 Å². The predicted molar refractivity (Wildman–Crippen MR) is 132 cm³/mol. The molecule has 1 aromatic rings. The number of nitrogens with zero attached hydrogens (tertiary/aromatic N) is 2. The Bertz CT molecular complexity index is 1150. The van der Waals surface area contributed by atoms with Gasteiger partial charge >= 0.3 is 0 Å². The van der Waals surface area contributed by atoms with Crippen LogP contribution < -0.4 is 0 Å². The monoisotopic (exact) mass is 482 g/mol. The van der Waals surface area contributed by atoms with Gasteiger partial charge < -0.3 is 4.90 Å². The van der Waals surface area contributed by atoms with Gasteiger partial charge in [-0.25, -0.2) is 8.42 Å². The van der Waals surface area contributed by atoms with Crippen molar-refractivity contribution in [3.63, 3.8) is 0 Å². The summed E-state index contributed by atoms with van der Waals surface area (Å²) in [6.07, 6.45) is 7.63. The van der Waals surface area contributed by atoms with Crippen LogP contribution >= 0.6 is 0 Å². The van der Waals surface area contributed by atoms with Crippen molar-refractivity contribution >= 4 is 27.2 Å². The van der Waals surface area contributed by atoms with Gasteiger partial charge in [0, 0.05) is 18.7 Å². The summed E-state index contributed by atoms with van der Waals surface area (Å²) in [5.74, 6) is -1.57. The van der Waals surface area contributed by atoms with E-state index in [-0.39, 0.29) is 23.4 Å². The van der Waals surface area contributed by atoms with Crippen molar-refractivity contribution in [1.29, 1.82) is 0 Å². The van der Waals surface area contributed by atoms with Crippen molar-refractivity contribution in [2.45, 2.75) is 38.6 Å². The molecular formula is C27H34N2O4S. The summed E-state index contributed by atoms with van der Waals surface area (Å²) in [5, 5.41) is 0. The third kappa shape index (κ3) is 3.77. The molecule has 4 aliphatic rings. The molecule has 1 aliphatic heterocycles. The zero-order valence-corrected chi connectivity index (χ0v) is 21.0. The predicted octanol–water partition coefficient (Wildman–Crippen LogP) is 3.37. The Labute approximate surface area is 202 Å². The van der Waals surface area contributed by atoms with Gasteiger partial charge in [-0.05, 0) is 62.2 Å². The summed E-state index contributed by atoms with van der Waals surface area (Å²) in [5.41, 5.74) is 2.77. The molecule has 0 saturated heterocycles. The number of hydrogen-bond acceptors (Lipinski definition) is 5. The summed E-state index contributed by atoms with van der Waals surface area (Å²) >= 11 is 0. The molecule has 6 nitrogen and oxygen atoms in total. The lowest BCUT2D eigenvalue weighted by molar-refractivity contribution is -0.148. The van der Waals surface area contributed by atoms with E-state index in [0.29, 0.717) is 24.5 Å². The van der Waals surface area contributed by atoms with Crippen LogP contribution in [0.5, 0.6) is 0 Å². The normalized spacial score (nSPS) is 33.2. The number of fused-ring (bicyclic) bond motifs is 5. The number of sulfonamides is 1. The quantitative estimate of drug-likeness (QED) is 0.475. The van der Waals surface area contributed by atoms with Crippen LogP contribution in [0.1, 0.15) is 38.2 Å². The van der Waals surface area contributed by atoms with Crippen molar-refractivity contribution in [3.05, 3.63) is 53.7 Å². The van der Waals surface area contributed by atoms with Crippen molar-refractivity contribution in [2.24, 2.45) is 29.6 Å². The molecule has 34 heavy (non-hydrogen) atoms. The number of ketones is 2. The highest BCUT2D eigenvalue weighted by Gasteiger charge is 2.60. The van der Waals surface area contributed by atoms with Crippen LogP contribution in [0.2, 0.25) is 0 Å². The highest BCUT2D eigenvalue weighted by Crippen LogP contribution is 2.54. The lowest BCUT2D eigenvalue weighted by atomic mass is 9.56. The van der Waals surface area contributed by atoms with Crippen LogP contribution in [0.25, 0.3) is 5.57 Å². The number of carbonyl (C=O) groups excluding carboxylic acids is 2. The van der Waals surface area contributed by atoms with Crippen LogP contribution in [0.15, 0.2) is 48.2 Å². The highest BCUT2D eigenvalue weighted by atomic mass is 32.2. The Hall–Kier alpha value is -2.25. The Kier molecular flexibility index (Phi) is 6.05. The number of rotatable bonds is 5. The maximum absolute atomic E-state index is 13.7. The van der Waals surface area contributed by atoms with Gasteiger partial charge in [0.05, 0.1) is 17.7 Å². The summed E-state index contributed by atoms with van der Waals surface area (Å²) in [6, 6.07) is 8.90. The average molecular weight is 483 g/mol. The minimum absolute atomic E-state index is 0.0249. The van der Waals surface area contributed by atoms with Crippen LogP contribution in [-0.2, 0) is 19.6 Å². The molecule has 0 spiro atoms. The number of hydrogen-bond donors (Lipinski definition) is 0. The van der Waals surface area contributed by atoms with Gasteiger partial charge in [0.1, 0.15) is 0 Å². The smallest absolute Gasteiger partial charge is 0.236 e. The summed E-state index contributed by atoms with van der Waals surface area (Å²) in [4.78, 5) is 29.2. The maximum Gasteiger partial charge on any atom is 0.236 e. The molecule has 6 atom stereocenters. The van der Waals surface area contributed by atoms with Crippen LogP contribution in [-0.4, -0.2) is 61.6 Å². The molecule has 0 radical (unpaired) electrons. The zero-order chi connectivity index (χ0) is 24.2. The van der Waals surface area contributed by atoms with Gasteiger partial charge in [0.2, 0.25) is 21.6 Å². The Balaban J connectivity index is 1.61. The molecule has 182 valence electrons. The molecule has 1 heterocycles. The van der Waals surface area contributed by atoms with E-state index in [1.165, 1.54) is 9.88 Å². The summed E-state index contributed by atoms with van der Waals surface area (Å²) < 4.78 is 28.7. The first-order chi connectivity index (χ1) is 16.2. The standard InChI is InChI=1S/C27H34N2O4S/c1-17-8-7-11-20-19(17)12-13-21-23(20)26(30)27(31)24-22(18-9-5-4-6-10-18)16-29(25(21)24)34(32,33)15-14-28(2)3/h4-6,9-10,12,16-17,20-21,23-25H,7-8,11,13-15H2,1-3H3. The highest BCUT2D eigenvalue weighted by molar-refractivity contribution is 7.89. The fourth-order valence-corrected chi connectivity index (χ4v) is 8.50. The van der Waals surface area contributed by atoms with Gasteiger partial charge in [-0.2, -0.15) is 0 Å². The topological polar surface area (TPSA) is 74.8 Å². The Morgan fingerprint density at radius 2 is 1.79 bits per heavy atom. The third-order valence-corrected chi connectivity index (χ3v) is 10.1. The van der Waals surface area contributed by atoms with Crippen molar-refractivity contribution in [1.82, 2.24) is 9.21 Å². The first kappa shape index (κ1) is 23.5. The number of benzene rings is 1. The van der Waals surface area contributed by atoms with Crippen molar-refractivity contribution in [2.75, 3.05) is 26.4 Å². The first-order valence-electron chi connectivity index (χ1n) is 12.4. The molecule has 0 N–H and O–H groups in total. The van der Waals surface area contributed by atoms with Gasteiger partial charge in [0.25, 0.3) is 0 Å². The van der Waals surface area contributed by atoms with E-state index in [4.69, 9.17) is 0 Å². The summed E-state index contributed by atoms with van der Waals surface area (Å²) in [6.45, 7) is 2.61. The largest absolute Gasteiger partial charge is 0.308 e. The second-order valence-electron chi connectivity index (χ2n) is 10.7. The average Bonchev–Trinajstić information content (AvgIpc) is 3.23. The number of Topliss-reactive ketones (excluding diaryl/α,β-unsaturated/α-hetero) is 2. The lowest BCUT2D eigenvalue weighted by Gasteiger charge is -2.49. The molecule has 2 fully saturated rings. The minimum Gasteiger partial charge on any atom is -0.308 e. The van der Waals surface area contributed by atoms with E-state index < -0.39 is 33.7 Å². The fraction of sp³-hybridized carbons (Fsp3) is 0.556. The van der Waals surface area contributed by atoms with Gasteiger partial charge in [-0.3, -0.25) is 13.9 Å². The van der Waals surface area contributed by atoms with Crippen LogP contribution in [0.3, 0.4) is 0 Å². The molecule has 2 saturated carbocycles. The molecule has 0 bridgehead atoms. The van der Waals surface area contributed by atoms with E-state index >= 15 is 0 Å². The van der Waals surface area contributed by atoms with Gasteiger partial charge in [-0.1, -0.05) is 55.3 Å². The van der Waals surface area contributed by atoms with Gasteiger partial charge in [-0.15, -0.1) is 0 Å².